The molecule has 0 bridgehead atoms. The van der Waals surface area contributed by atoms with Crippen molar-refractivity contribution < 1.29 is 17.9 Å². The summed E-state index contributed by atoms with van der Waals surface area (Å²) < 4.78 is 40.3. The van der Waals surface area contributed by atoms with Crippen molar-refractivity contribution in [2.24, 2.45) is 5.92 Å². The van der Waals surface area contributed by atoms with E-state index in [-0.39, 0.29) is 17.5 Å². The predicted octanol–water partition coefficient (Wildman–Crippen LogP) is 3.97. The lowest BCUT2D eigenvalue weighted by atomic mass is 10.2. The minimum Gasteiger partial charge on any atom is -0.493 e. The van der Waals surface area contributed by atoms with Gasteiger partial charge in [0.2, 0.25) is 10.0 Å². The lowest BCUT2D eigenvalue weighted by molar-refractivity contribution is 0.0381. The van der Waals surface area contributed by atoms with Crippen molar-refractivity contribution in [2.75, 3.05) is 31.2 Å². The Kier molecular flexibility index (Phi) is 8.32. The van der Waals surface area contributed by atoms with Crippen LogP contribution >= 0.6 is 15.9 Å². The number of aromatic nitrogens is 1. The standard InChI is InChI=1S/C22H30BrN3O4S/c1-4-18-14-26(8-9-29-18)22-21(23)11-20(13-24-22)31(27,28)25-12-17-6-5-7-19(10-17)30-15-16(2)3/h5-7,10-11,13,16,18,25H,4,8-9,12,14-15H2,1-3H3. The van der Waals surface area contributed by atoms with Crippen molar-refractivity contribution >= 4 is 31.8 Å². The summed E-state index contributed by atoms with van der Waals surface area (Å²) in [5, 5.41) is 0. The van der Waals surface area contributed by atoms with E-state index in [9.17, 15) is 8.42 Å². The number of rotatable bonds is 9. The van der Waals surface area contributed by atoms with Gasteiger partial charge in [-0.25, -0.2) is 18.1 Å². The van der Waals surface area contributed by atoms with E-state index >= 15 is 0 Å². The largest absolute Gasteiger partial charge is 0.493 e. The summed E-state index contributed by atoms with van der Waals surface area (Å²) in [6.07, 6.45) is 2.49. The smallest absolute Gasteiger partial charge is 0.242 e. The van der Waals surface area contributed by atoms with E-state index in [1.165, 1.54) is 6.20 Å². The van der Waals surface area contributed by atoms with E-state index in [4.69, 9.17) is 9.47 Å². The third-order valence-electron chi connectivity index (χ3n) is 4.95. The Morgan fingerprint density at radius 2 is 2.16 bits per heavy atom. The topological polar surface area (TPSA) is 80.8 Å². The van der Waals surface area contributed by atoms with Gasteiger partial charge in [0.05, 0.1) is 23.8 Å². The second-order valence-corrected chi connectivity index (χ2v) is 10.6. The van der Waals surface area contributed by atoms with Gasteiger partial charge in [-0.15, -0.1) is 0 Å². The molecule has 31 heavy (non-hydrogen) atoms. The maximum atomic E-state index is 12.8. The number of benzene rings is 1. The summed E-state index contributed by atoms with van der Waals surface area (Å²) in [5.74, 6) is 1.88. The van der Waals surface area contributed by atoms with Crippen molar-refractivity contribution in [3.8, 4) is 5.75 Å². The molecular formula is C22H30BrN3O4S. The van der Waals surface area contributed by atoms with E-state index in [0.717, 1.165) is 36.6 Å². The van der Waals surface area contributed by atoms with Crippen LogP contribution in [0.5, 0.6) is 5.75 Å². The molecule has 1 N–H and O–H groups in total. The average Bonchev–Trinajstić information content (AvgIpc) is 2.76. The van der Waals surface area contributed by atoms with Crippen LogP contribution in [0, 0.1) is 5.92 Å². The number of nitrogens with zero attached hydrogens (tertiary/aromatic N) is 2. The molecule has 2 heterocycles. The number of sulfonamides is 1. The highest BCUT2D eigenvalue weighted by molar-refractivity contribution is 9.10. The summed E-state index contributed by atoms with van der Waals surface area (Å²) in [7, 11) is -3.71. The number of nitrogens with one attached hydrogen (secondary N) is 1. The molecule has 0 aliphatic carbocycles. The van der Waals surface area contributed by atoms with Crippen LogP contribution in [0.1, 0.15) is 32.8 Å². The molecule has 0 radical (unpaired) electrons. The number of morpholine rings is 1. The van der Waals surface area contributed by atoms with Gasteiger partial charge in [-0.05, 0) is 52.0 Å². The Hall–Kier alpha value is -1.68. The summed E-state index contributed by atoms with van der Waals surface area (Å²) >= 11 is 3.50. The Balaban J connectivity index is 1.67. The number of anilines is 1. The molecule has 1 aromatic heterocycles. The molecule has 0 spiro atoms. The monoisotopic (exact) mass is 511 g/mol. The van der Waals surface area contributed by atoms with E-state index in [2.05, 4.69) is 51.3 Å². The summed E-state index contributed by atoms with van der Waals surface area (Å²) in [4.78, 5) is 6.67. The molecule has 9 heteroatoms. The fourth-order valence-corrected chi connectivity index (χ4v) is 4.96. The van der Waals surface area contributed by atoms with Gasteiger partial charge in [0.15, 0.2) is 0 Å². The molecule has 1 saturated heterocycles. The van der Waals surface area contributed by atoms with Crippen molar-refractivity contribution in [1.82, 2.24) is 9.71 Å². The van der Waals surface area contributed by atoms with Gasteiger partial charge in [-0.1, -0.05) is 32.9 Å². The van der Waals surface area contributed by atoms with E-state index in [1.54, 1.807) is 6.07 Å². The molecule has 1 unspecified atom stereocenters. The Bertz CT molecular complexity index is 984. The van der Waals surface area contributed by atoms with Crippen molar-refractivity contribution in [3.63, 3.8) is 0 Å². The summed E-state index contributed by atoms with van der Waals surface area (Å²) in [5.41, 5.74) is 0.826. The lowest BCUT2D eigenvalue weighted by Gasteiger charge is -2.33. The van der Waals surface area contributed by atoms with Crippen LogP contribution in [-0.4, -0.2) is 45.8 Å². The van der Waals surface area contributed by atoms with Crippen LogP contribution in [0.3, 0.4) is 0 Å². The highest BCUT2D eigenvalue weighted by Crippen LogP contribution is 2.28. The number of halogens is 1. The molecule has 170 valence electrons. The van der Waals surface area contributed by atoms with Crippen LogP contribution in [-0.2, 0) is 21.3 Å². The van der Waals surface area contributed by atoms with Gasteiger partial charge in [0.25, 0.3) is 0 Å². The quantitative estimate of drug-likeness (QED) is 0.548. The molecule has 1 aromatic carbocycles. The number of ether oxygens (including phenoxy) is 2. The van der Waals surface area contributed by atoms with Crippen molar-refractivity contribution in [1.29, 1.82) is 0 Å². The highest BCUT2D eigenvalue weighted by Gasteiger charge is 2.23. The van der Waals surface area contributed by atoms with E-state index < -0.39 is 10.0 Å². The number of hydrogen-bond donors (Lipinski definition) is 1. The van der Waals surface area contributed by atoms with Gasteiger partial charge >= 0.3 is 0 Å². The lowest BCUT2D eigenvalue weighted by Crippen LogP contribution is -2.42. The zero-order valence-electron chi connectivity index (χ0n) is 18.2. The Morgan fingerprint density at radius 3 is 2.87 bits per heavy atom. The van der Waals surface area contributed by atoms with Gasteiger partial charge < -0.3 is 14.4 Å². The fourth-order valence-electron chi connectivity index (χ4n) is 3.22. The maximum absolute atomic E-state index is 12.8. The van der Waals surface area contributed by atoms with Crippen LogP contribution in [0.15, 0.2) is 45.9 Å². The molecular weight excluding hydrogens is 482 g/mol. The molecule has 1 atom stereocenters. The van der Waals surface area contributed by atoms with Crippen LogP contribution in [0.2, 0.25) is 0 Å². The number of pyridine rings is 1. The molecule has 1 aliphatic heterocycles. The van der Waals surface area contributed by atoms with Gasteiger partial charge in [-0.3, -0.25) is 0 Å². The molecule has 1 aliphatic rings. The third kappa shape index (κ3) is 6.65. The fraction of sp³-hybridized carbons (Fsp3) is 0.500. The predicted molar refractivity (Wildman–Crippen MR) is 125 cm³/mol. The molecule has 2 aromatic rings. The number of hydrogen-bond acceptors (Lipinski definition) is 6. The highest BCUT2D eigenvalue weighted by atomic mass is 79.9. The van der Waals surface area contributed by atoms with Gasteiger partial charge in [-0.2, -0.15) is 0 Å². The van der Waals surface area contributed by atoms with Crippen molar-refractivity contribution in [3.05, 3.63) is 46.6 Å². The van der Waals surface area contributed by atoms with Crippen LogP contribution in [0.25, 0.3) is 0 Å². The average molecular weight is 512 g/mol. The van der Waals surface area contributed by atoms with Crippen LogP contribution in [0.4, 0.5) is 5.82 Å². The Labute approximate surface area is 193 Å². The van der Waals surface area contributed by atoms with Crippen molar-refractivity contribution in [2.45, 2.75) is 44.7 Å². The first-order valence-corrected chi connectivity index (χ1v) is 12.8. The van der Waals surface area contributed by atoms with Gasteiger partial charge in [0, 0.05) is 25.8 Å². The second kappa shape index (κ2) is 10.8. The van der Waals surface area contributed by atoms with E-state index in [0.29, 0.717) is 23.6 Å². The third-order valence-corrected chi connectivity index (χ3v) is 6.90. The zero-order chi connectivity index (χ0) is 22.4. The van der Waals surface area contributed by atoms with Crippen LogP contribution < -0.4 is 14.4 Å². The first kappa shape index (κ1) is 24.0. The minimum absolute atomic E-state index is 0.121. The van der Waals surface area contributed by atoms with E-state index in [1.807, 2.05) is 24.3 Å². The molecule has 0 amide bonds. The SMILES string of the molecule is CCC1CN(c2ncc(S(=O)(=O)NCc3cccc(OCC(C)C)c3)cc2Br)CCO1. The second-order valence-electron chi connectivity index (χ2n) is 8.00. The maximum Gasteiger partial charge on any atom is 0.242 e. The molecule has 0 saturated carbocycles. The molecule has 7 nitrogen and oxygen atoms in total. The summed E-state index contributed by atoms with van der Waals surface area (Å²) in [6.45, 7) is 9.13. The summed E-state index contributed by atoms with van der Waals surface area (Å²) in [6, 6.07) is 9.05. The Morgan fingerprint density at radius 1 is 1.35 bits per heavy atom. The minimum atomic E-state index is -3.71. The van der Waals surface area contributed by atoms with Gasteiger partial charge in [0.1, 0.15) is 16.5 Å². The zero-order valence-corrected chi connectivity index (χ0v) is 20.6. The first-order valence-electron chi connectivity index (χ1n) is 10.5. The molecule has 3 rings (SSSR count). The first-order chi connectivity index (χ1) is 14.8. The normalized spacial score (nSPS) is 17.2. The molecule has 1 fully saturated rings.